The molecule has 3 heterocycles. The van der Waals surface area contributed by atoms with Crippen molar-refractivity contribution in [2.24, 2.45) is 0 Å². The first-order chi connectivity index (χ1) is 14.5. The van der Waals surface area contributed by atoms with Gasteiger partial charge in [-0.05, 0) is 31.5 Å². The predicted molar refractivity (Wildman–Crippen MR) is 116 cm³/mol. The molecule has 0 saturated carbocycles. The van der Waals surface area contributed by atoms with Crippen LogP contribution in [0.4, 0.5) is 5.82 Å². The number of hydrogen-bond donors (Lipinski definition) is 1. The molecule has 0 spiro atoms. The summed E-state index contributed by atoms with van der Waals surface area (Å²) in [5.41, 5.74) is 2.20. The molecular formula is C22H24N4O3S. The first-order valence-corrected chi connectivity index (χ1v) is 10.9. The Hall–Kier alpha value is -3.00. The normalized spacial score (nSPS) is 16.7. The monoisotopic (exact) mass is 424 g/mol. The van der Waals surface area contributed by atoms with Gasteiger partial charge in [0.25, 0.3) is 0 Å². The smallest absolute Gasteiger partial charge is 0.238 e. The van der Waals surface area contributed by atoms with Gasteiger partial charge in [-0.3, -0.25) is 9.59 Å². The minimum absolute atomic E-state index is 0.0261. The van der Waals surface area contributed by atoms with Crippen molar-refractivity contribution in [2.45, 2.75) is 31.7 Å². The van der Waals surface area contributed by atoms with Crippen LogP contribution in [-0.4, -0.2) is 44.0 Å². The molecule has 156 valence electrons. The molecule has 2 amide bonds. The molecule has 0 radical (unpaired) electrons. The summed E-state index contributed by atoms with van der Waals surface area (Å²) in [6.07, 6.45) is 2.06. The number of anilines is 1. The number of nitrogens with zero attached hydrogens (tertiary/aromatic N) is 3. The maximum absolute atomic E-state index is 13.1. The average molecular weight is 425 g/mol. The average Bonchev–Trinajstić information content (AvgIpc) is 3.40. The summed E-state index contributed by atoms with van der Waals surface area (Å²) in [7, 11) is 0. The van der Waals surface area contributed by atoms with Gasteiger partial charge in [0.15, 0.2) is 5.82 Å². The fraction of sp³-hybridized carbons (Fsp3) is 0.318. The van der Waals surface area contributed by atoms with Gasteiger partial charge >= 0.3 is 0 Å². The Balaban J connectivity index is 1.42. The molecule has 0 bridgehead atoms. The van der Waals surface area contributed by atoms with Gasteiger partial charge in [0.1, 0.15) is 5.76 Å². The van der Waals surface area contributed by atoms with Gasteiger partial charge in [0, 0.05) is 31.0 Å². The first kappa shape index (κ1) is 20.3. The van der Waals surface area contributed by atoms with Crippen LogP contribution in [-0.2, 0) is 16.1 Å². The second-order valence-electron chi connectivity index (χ2n) is 7.29. The molecule has 1 aromatic carbocycles. The van der Waals surface area contributed by atoms with Crippen LogP contribution in [0.25, 0.3) is 0 Å². The van der Waals surface area contributed by atoms with E-state index in [2.05, 4.69) is 39.4 Å². The molecule has 2 aromatic heterocycles. The molecule has 0 saturated heterocycles. The Kier molecular flexibility index (Phi) is 5.94. The van der Waals surface area contributed by atoms with Gasteiger partial charge in [-0.25, -0.2) is 0 Å². The van der Waals surface area contributed by atoms with Gasteiger partial charge in [-0.15, -0.1) is 11.8 Å². The minimum Gasteiger partial charge on any atom is -0.360 e. The fourth-order valence-electron chi connectivity index (χ4n) is 3.65. The summed E-state index contributed by atoms with van der Waals surface area (Å²) in [5.74, 6) is 1.07. The second-order valence-corrected chi connectivity index (χ2v) is 8.62. The summed E-state index contributed by atoms with van der Waals surface area (Å²) in [4.78, 5) is 27.4. The molecular weight excluding hydrogens is 400 g/mol. The van der Waals surface area contributed by atoms with Crippen molar-refractivity contribution >= 4 is 29.4 Å². The summed E-state index contributed by atoms with van der Waals surface area (Å²) >= 11 is 1.32. The predicted octanol–water partition coefficient (Wildman–Crippen LogP) is 3.48. The lowest BCUT2D eigenvalue weighted by Crippen LogP contribution is -2.43. The van der Waals surface area contributed by atoms with Crippen molar-refractivity contribution in [3.05, 3.63) is 71.7 Å². The summed E-state index contributed by atoms with van der Waals surface area (Å²) < 4.78 is 7.16. The van der Waals surface area contributed by atoms with Gasteiger partial charge in [0.05, 0.1) is 17.0 Å². The number of fused-ring (bicyclic) bond motifs is 1. The van der Waals surface area contributed by atoms with Crippen molar-refractivity contribution in [3.8, 4) is 0 Å². The maximum atomic E-state index is 13.1. The number of carbonyl (C=O) groups excluding carboxylic acids is 2. The van der Waals surface area contributed by atoms with Crippen LogP contribution in [0, 0.1) is 6.92 Å². The molecule has 30 heavy (non-hydrogen) atoms. The van der Waals surface area contributed by atoms with Gasteiger partial charge < -0.3 is 19.3 Å². The minimum atomic E-state index is -0.394. The molecule has 8 heteroatoms. The van der Waals surface area contributed by atoms with E-state index in [0.717, 1.165) is 17.8 Å². The number of aryl methyl sites for hydroxylation is 1. The number of hydrogen-bond acceptors (Lipinski definition) is 5. The largest absolute Gasteiger partial charge is 0.360 e. The third-order valence-corrected chi connectivity index (χ3v) is 6.31. The van der Waals surface area contributed by atoms with Crippen LogP contribution in [0.15, 0.2) is 59.3 Å². The molecule has 0 aliphatic carbocycles. The Labute approximate surface area is 179 Å². The zero-order valence-corrected chi connectivity index (χ0v) is 17.8. The third kappa shape index (κ3) is 4.28. The number of benzene rings is 1. The molecule has 2 atom stereocenters. The van der Waals surface area contributed by atoms with Crippen molar-refractivity contribution in [1.29, 1.82) is 0 Å². The first-order valence-electron chi connectivity index (χ1n) is 9.88. The highest BCUT2D eigenvalue weighted by Gasteiger charge is 2.32. The van der Waals surface area contributed by atoms with Crippen LogP contribution in [0.2, 0.25) is 0 Å². The zero-order valence-electron chi connectivity index (χ0n) is 16.9. The fourth-order valence-corrected chi connectivity index (χ4v) is 4.41. The summed E-state index contributed by atoms with van der Waals surface area (Å²) in [6, 6.07) is 15.7. The van der Waals surface area contributed by atoms with E-state index in [1.54, 1.807) is 19.9 Å². The molecule has 1 aliphatic heterocycles. The van der Waals surface area contributed by atoms with E-state index in [1.165, 1.54) is 11.8 Å². The zero-order chi connectivity index (χ0) is 21.1. The summed E-state index contributed by atoms with van der Waals surface area (Å²) in [5, 5.41) is 6.10. The van der Waals surface area contributed by atoms with Crippen molar-refractivity contribution < 1.29 is 14.1 Å². The van der Waals surface area contributed by atoms with E-state index in [4.69, 9.17) is 4.52 Å². The molecule has 0 fully saturated rings. The standard InChI is InChI=1S/C22H24N4O3S/c1-15-13-19(24-29-15)23-22(28)16(2)30-14-20(27)26-12-11-25-10-6-9-18(25)21(26)17-7-4-3-5-8-17/h3-10,13,16,21H,11-12,14H2,1-2H3,(H,23,24,28). The number of amides is 2. The van der Waals surface area contributed by atoms with E-state index in [1.807, 2.05) is 29.2 Å². The molecule has 1 aliphatic rings. The summed E-state index contributed by atoms with van der Waals surface area (Å²) in [6.45, 7) is 4.96. The highest BCUT2D eigenvalue weighted by Crippen LogP contribution is 2.33. The number of aromatic nitrogens is 2. The number of nitrogens with one attached hydrogen (secondary N) is 1. The van der Waals surface area contributed by atoms with E-state index >= 15 is 0 Å². The maximum Gasteiger partial charge on any atom is 0.238 e. The highest BCUT2D eigenvalue weighted by atomic mass is 32.2. The third-order valence-electron chi connectivity index (χ3n) is 5.18. The van der Waals surface area contributed by atoms with Gasteiger partial charge in [-0.2, -0.15) is 0 Å². The number of carbonyl (C=O) groups is 2. The number of thioether (sulfide) groups is 1. The lowest BCUT2D eigenvalue weighted by molar-refractivity contribution is -0.131. The van der Waals surface area contributed by atoms with Crippen molar-refractivity contribution in [1.82, 2.24) is 14.6 Å². The van der Waals surface area contributed by atoms with Crippen LogP contribution in [0.1, 0.15) is 30.0 Å². The number of rotatable bonds is 6. The highest BCUT2D eigenvalue weighted by molar-refractivity contribution is 8.01. The Morgan fingerprint density at radius 3 is 2.77 bits per heavy atom. The van der Waals surface area contributed by atoms with E-state index < -0.39 is 5.25 Å². The molecule has 1 N–H and O–H groups in total. The van der Waals surface area contributed by atoms with Crippen molar-refractivity contribution in [2.75, 3.05) is 17.6 Å². The topological polar surface area (TPSA) is 80.4 Å². The van der Waals surface area contributed by atoms with E-state index in [-0.39, 0.29) is 23.6 Å². The van der Waals surface area contributed by atoms with Crippen molar-refractivity contribution in [3.63, 3.8) is 0 Å². The van der Waals surface area contributed by atoms with Crippen LogP contribution in [0.5, 0.6) is 0 Å². The van der Waals surface area contributed by atoms with Crippen LogP contribution >= 0.6 is 11.8 Å². The Bertz CT molecular complexity index is 1030. The van der Waals surface area contributed by atoms with E-state index in [9.17, 15) is 9.59 Å². The van der Waals surface area contributed by atoms with Gasteiger partial charge in [0.2, 0.25) is 11.8 Å². The lowest BCUT2D eigenvalue weighted by Gasteiger charge is -2.37. The quantitative estimate of drug-likeness (QED) is 0.655. The van der Waals surface area contributed by atoms with Crippen LogP contribution < -0.4 is 5.32 Å². The molecule has 7 nitrogen and oxygen atoms in total. The van der Waals surface area contributed by atoms with E-state index in [0.29, 0.717) is 18.1 Å². The second kappa shape index (κ2) is 8.79. The Morgan fingerprint density at radius 2 is 2.03 bits per heavy atom. The Morgan fingerprint density at radius 1 is 1.23 bits per heavy atom. The van der Waals surface area contributed by atoms with Gasteiger partial charge in [-0.1, -0.05) is 35.5 Å². The molecule has 3 aromatic rings. The lowest BCUT2D eigenvalue weighted by atomic mass is 10.00. The van der Waals surface area contributed by atoms with Crippen LogP contribution in [0.3, 0.4) is 0 Å². The molecule has 4 rings (SSSR count). The molecule has 2 unspecified atom stereocenters. The SMILES string of the molecule is Cc1cc(NC(=O)C(C)SCC(=O)N2CCn3cccc3C2c2ccccc2)no1.